The number of hydrogen-bond acceptors (Lipinski definition) is 5. The van der Waals surface area contributed by atoms with Crippen molar-refractivity contribution in [3.8, 4) is 0 Å². The Balaban J connectivity index is 2.21. The van der Waals surface area contributed by atoms with Crippen LogP contribution in [0, 0.1) is 6.92 Å². The van der Waals surface area contributed by atoms with E-state index in [1.54, 1.807) is 24.1 Å². The summed E-state index contributed by atoms with van der Waals surface area (Å²) in [7, 11) is -3.50. The first-order valence-corrected chi connectivity index (χ1v) is 9.34. The van der Waals surface area contributed by atoms with Crippen LogP contribution in [0.25, 0.3) is 0 Å². The van der Waals surface area contributed by atoms with Crippen LogP contribution in [0.1, 0.15) is 23.3 Å². The molecule has 0 aromatic carbocycles. The predicted octanol–water partition coefficient (Wildman–Crippen LogP) is 1.72. The third-order valence-corrected chi connectivity index (χ3v) is 7.07. The van der Waals surface area contributed by atoms with Gasteiger partial charge in [0.25, 0.3) is 0 Å². The molecule has 2 heterocycles. The Morgan fingerprint density at radius 2 is 2.33 bits per heavy atom. The summed E-state index contributed by atoms with van der Waals surface area (Å²) in [6.07, 6.45) is 1.94. The Hall–Kier alpha value is -0.0800. The van der Waals surface area contributed by atoms with Gasteiger partial charge in [-0.25, -0.2) is 13.1 Å². The minimum atomic E-state index is -3.50. The summed E-state index contributed by atoms with van der Waals surface area (Å²) >= 11 is 3.07. The minimum absolute atomic E-state index is 0.0135. The Bertz CT molecular complexity index is 504. The highest BCUT2D eigenvalue weighted by atomic mass is 32.2. The molecule has 1 saturated heterocycles. The van der Waals surface area contributed by atoms with Gasteiger partial charge in [-0.2, -0.15) is 11.8 Å². The maximum absolute atomic E-state index is 12.3. The average molecular weight is 307 g/mol. The van der Waals surface area contributed by atoms with E-state index in [-0.39, 0.29) is 17.5 Å². The van der Waals surface area contributed by atoms with E-state index in [1.807, 2.05) is 0 Å². The molecule has 2 rings (SSSR count). The van der Waals surface area contributed by atoms with Crippen molar-refractivity contribution in [3.05, 3.63) is 15.8 Å². The molecule has 0 spiro atoms. The summed E-state index contributed by atoms with van der Waals surface area (Å²) in [6.45, 7) is 1.54. The Morgan fingerprint density at radius 1 is 1.56 bits per heavy atom. The molecule has 7 heteroatoms. The maximum atomic E-state index is 12.3. The molecule has 0 amide bonds. The molecule has 1 fully saturated rings. The zero-order valence-corrected chi connectivity index (χ0v) is 12.6. The Kier molecular flexibility index (Phi) is 4.71. The number of aliphatic hydroxyl groups excluding tert-OH is 1. The first-order chi connectivity index (χ1) is 8.54. The van der Waals surface area contributed by atoms with Crippen molar-refractivity contribution in [3.63, 3.8) is 0 Å². The van der Waals surface area contributed by atoms with E-state index >= 15 is 0 Å². The number of sulfonamides is 1. The summed E-state index contributed by atoms with van der Waals surface area (Å²) in [5, 5.41) is 11.0. The van der Waals surface area contributed by atoms with E-state index in [2.05, 4.69) is 4.72 Å². The molecular weight excluding hydrogens is 290 g/mol. The summed E-state index contributed by atoms with van der Waals surface area (Å²) in [6, 6.07) is 0.0135. The van der Waals surface area contributed by atoms with Crippen molar-refractivity contribution in [1.82, 2.24) is 4.72 Å². The van der Waals surface area contributed by atoms with Gasteiger partial charge in [-0.1, -0.05) is 0 Å². The van der Waals surface area contributed by atoms with Gasteiger partial charge < -0.3 is 5.11 Å². The van der Waals surface area contributed by atoms with Crippen molar-refractivity contribution >= 4 is 33.1 Å². The lowest BCUT2D eigenvalue weighted by molar-refractivity contribution is 0.282. The highest BCUT2D eigenvalue weighted by Crippen LogP contribution is 2.28. The van der Waals surface area contributed by atoms with Crippen molar-refractivity contribution in [2.75, 3.05) is 11.5 Å². The second kappa shape index (κ2) is 5.92. The van der Waals surface area contributed by atoms with Crippen LogP contribution in [0.15, 0.2) is 10.3 Å². The van der Waals surface area contributed by atoms with Crippen molar-refractivity contribution in [1.29, 1.82) is 0 Å². The van der Waals surface area contributed by atoms with Gasteiger partial charge in [-0.15, -0.1) is 11.3 Å². The van der Waals surface area contributed by atoms with E-state index in [4.69, 9.17) is 0 Å². The lowest BCUT2D eigenvalue weighted by atomic mass is 10.2. The van der Waals surface area contributed by atoms with Crippen LogP contribution >= 0.6 is 23.1 Å². The molecule has 1 aromatic heterocycles. The van der Waals surface area contributed by atoms with E-state index < -0.39 is 10.0 Å². The number of aliphatic hydroxyl groups is 1. The molecule has 1 unspecified atom stereocenters. The van der Waals surface area contributed by atoms with Crippen molar-refractivity contribution < 1.29 is 13.5 Å². The molecule has 0 radical (unpaired) electrons. The summed E-state index contributed by atoms with van der Waals surface area (Å²) in [4.78, 5) is 0.786. The smallest absolute Gasteiger partial charge is 0.242 e. The number of aryl methyl sites for hydroxylation is 1. The molecule has 1 aliphatic rings. The van der Waals surface area contributed by atoms with Gasteiger partial charge in [-0.3, -0.25) is 0 Å². The predicted molar refractivity (Wildman–Crippen MR) is 75.6 cm³/mol. The summed E-state index contributed by atoms with van der Waals surface area (Å²) in [5.74, 6) is 1.94. The van der Waals surface area contributed by atoms with E-state index in [9.17, 15) is 13.5 Å². The van der Waals surface area contributed by atoms with Gasteiger partial charge in [0.2, 0.25) is 10.0 Å². The molecule has 1 aliphatic heterocycles. The van der Waals surface area contributed by atoms with E-state index in [1.165, 1.54) is 11.3 Å². The van der Waals surface area contributed by atoms with E-state index in [0.29, 0.717) is 10.4 Å². The van der Waals surface area contributed by atoms with E-state index in [0.717, 1.165) is 24.3 Å². The second-order valence-electron chi connectivity index (χ2n) is 4.36. The van der Waals surface area contributed by atoms with Gasteiger partial charge >= 0.3 is 0 Å². The maximum Gasteiger partial charge on any atom is 0.242 e. The zero-order chi connectivity index (χ0) is 13.2. The minimum Gasteiger partial charge on any atom is -0.391 e. The molecule has 0 bridgehead atoms. The van der Waals surface area contributed by atoms with Crippen LogP contribution < -0.4 is 4.72 Å². The number of thiophene rings is 1. The van der Waals surface area contributed by atoms with Crippen molar-refractivity contribution in [2.45, 2.75) is 37.3 Å². The quantitative estimate of drug-likeness (QED) is 0.889. The molecular formula is C11H17NO3S3. The number of nitrogens with one attached hydrogen (secondary N) is 1. The molecule has 102 valence electrons. The number of hydrogen-bond donors (Lipinski definition) is 2. The van der Waals surface area contributed by atoms with Crippen LogP contribution in [0.5, 0.6) is 0 Å². The molecule has 4 nitrogen and oxygen atoms in total. The standard InChI is InChI=1S/C11H17NO3S3/c1-8-6-17-10(5-13)11(8)18(14,15)12-9-3-2-4-16-7-9/h6,9,12-13H,2-5,7H2,1H3. The first-order valence-electron chi connectivity index (χ1n) is 5.82. The molecule has 18 heavy (non-hydrogen) atoms. The van der Waals surface area contributed by atoms with Crippen LogP contribution in [-0.2, 0) is 16.6 Å². The molecule has 1 atom stereocenters. The topological polar surface area (TPSA) is 66.4 Å². The Labute approximate surface area is 116 Å². The lowest BCUT2D eigenvalue weighted by Crippen LogP contribution is -2.38. The molecule has 2 N–H and O–H groups in total. The van der Waals surface area contributed by atoms with Gasteiger partial charge in [-0.05, 0) is 36.5 Å². The molecule has 0 saturated carbocycles. The fourth-order valence-corrected chi connectivity index (χ4v) is 6.18. The monoisotopic (exact) mass is 307 g/mol. The fraction of sp³-hybridized carbons (Fsp3) is 0.636. The highest BCUT2D eigenvalue weighted by molar-refractivity contribution is 7.99. The third kappa shape index (κ3) is 3.08. The van der Waals surface area contributed by atoms with Gasteiger partial charge in [0.05, 0.1) is 11.5 Å². The third-order valence-electron chi connectivity index (χ3n) is 2.88. The Morgan fingerprint density at radius 3 is 2.94 bits per heavy atom. The van der Waals surface area contributed by atoms with Crippen molar-refractivity contribution in [2.24, 2.45) is 0 Å². The van der Waals surface area contributed by atoms with Crippen LogP contribution in [-0.4, -0.2) is 31.1 Å². The SMILES string of the molecule is Cc1csc(CO)c1S(=O)(=O)NC1CCCSC1. The average Bonchev–Trinajstić information content (AvgIpc) is 2.72. The zero-order valence-electron chi connectivity index (χ0n) is 10.2. The number of thioether (sulfide) groups is 1. The summed E-state index contributed by atoms with van der Waals surface area (Å²) in [5.41, 5.74) is 0.708. The van der Waals surface area contributed by atoms with Crippen LogP contribution in [0.4, 0.5) is 0 Å². The second-order valence-corrected chi connectivity index (χ2v) is 8.13. The number of rotatable bonds is 4. The van der Waals surface area contributed by atoms with Gasteiger partial charge in [0.1, 0.15) is 4.90 Å². The van der Waals surface area contributed by atoms with Gasteiger partial charge in [0, 0.05) is 11.8 Å². The highest BCUT2D eigenvalue weighted by Gasteiger charge is 2.26. The van der Waals surface area contributed by atoms with Crippen LogP contribution in [0.3, 0.4) is 0 Å². The largest absolute Gasteiger partial charge is 0.391 e. The first kappa shape index (κ1) is 14.3. The summed E-state index contributed by atoms with van der Waals surface area (Å²) < 4.78 is 27.4. The molecule has 1 aromatic rings. The fourth-order valence-electron chi connectivity index (χ4n) is 2.07. The van der Waals surface area contributed by atoms with Gasteiger partial charge in [0.15, 0.2) is 0 Å². The van der Waals surface area contributed by atoms with Crippen LogP contribution in [0.2, 0.25) is 0 Å². The lowest BCUT2D eigenvalue weighted by Gasteiger charge is -2.22. The normalized spacial score (nSPS) is 21.1. The molecule has 0 aliphatic carbocycles.